The summed E-state index contributed by atoms with van der Waals surface area (Å²) in [6.45, 7) is 3.54. The molecule has 0 saturated carbocycles. The molecule has 1 aromatic rings. The SMILES string of the molecule is O=C(O)CCCNC(=O)N1CCC(Oc2cccnc2N2CCCC2)C1. The van der Waals surface area contributed by atoms with E-state index in [2.05, 4.69) is 15.2 Å². The largest absolute Gasteiger partial charge is 0.485 e. The smallest absolute Gasteiger partial charge is 0.317 e. The highest BCUT2D eigenvalue weighted by molar-refractivity contribution is 5.74. The molecule has 142 valence electrons. The van der Waals surface area contributed by atoms with E-state index in [1.807, 2.05) is 12.1 Å². The second-order valence-corrected chi connectivity index (χ2v) is 6.72. The van der Waals surface area contributed by atoms with Crippen LogP contribution in [0.25, 0.3) is 0 Å². The van der Waals surface area contributed by atoms with Crippen molar-refractivity contribution in [2.24, 2.45) is 0 Å². The van der Waals surface area contributed by atoms with E-state index in [1.165, 1.54) is 12.8 Å². The fourth-order valence-corrected chi connectivity index (χ4v) is 3.38. The van der Waals surface area contributed by atoms with Crippen LogP contribution in [0.3, 0.4) is 0 Å². The minimum atomic E-state index is -0.848. The number of nitrogens with zero attached hydrogens (tertiary/aromatic N) is 3. The lowest BCUT2D eigenvalue weighted by atomic mass is 10.3. The molecule has 0 radical (unpaired) electrons. The molecule has 0 aromatic carbocycles. The van der Waals surface area contributed by atoms with Crippen LogP contribution < -0.4 is 15.0 Å². The number of pyridine rings is 1. The Kier molecular flexibility index (Phi) is 6.14. The van der Waals surface area contributed by atoms with Crippen molar-refractivity contribution in [3.63, 3.8) is 0 Å². The van der Waals surface area contributed by atoms with Crippen molar-refractivity contribution in [2.75, 3.05) is 37.6 Å². The molecule has 2 N–H and O–H groups in total. The lowest BCUT2D eigenvalue weighted by Gasteiger charge is -2.22. The average molecular weight is 362 g/mol. The Hall–Kier alpha value is -2.51. The number of amides is 2. The number of aliphatic carboxylic acids is 1. The number of carboxylic acid groups (broad SMARTS) is 1. The predicted molar refractivity (Wildman–Crippen MR) is 96.6 cm³/mol. The Morgan fingerprint density at radius 3 is 2.88 bits per heavy atom. The van der Waals surface area contributed by atoms with Gasteiger partial charge in [0.05, 0.1) is 6.54 Å². The molecule has 2 saturated heterocycles. The van der Waals surface area contributed by atoms with Crippen LogP contribution in [0.15, 0.2) is 18.3 Å². The third-order valence-electron chi connectivity index (χ3n) is 4.73. The van der Waals surface area contributed by atoms with Crippen LogP contribution in [-0.2, 0) is 4.79 Å². The van der Waals surface area contributed by atoms with Crippen molar-refractivity contribution in [2.45, 2.75) is 38.2 Å². The number of urea groups is 1. The van der Waals surface area contributed by atoms with Crippen molar-refractivity contribution >= 4 is 17.8 Å². The summed E-state index contributed by atoms with van der Waals surface area (Å²) in [4.78, 5) is 31.1. The van der Waals surface area contributed by atoms with Crippen molar-refractivity contribution in [3.8, 4) is 5.75 Å². The molecular formula is C18H26N4O4. The maximum Gasteiger partial charge on any atom is 0.317 e. The van der Waals surface area contributed by atoms with E-state index in [9.17, 15) is 9.59 Å². The number of hydrogen-bond donors (Lipinski definition) is 2. The summed E-state index contributed by atoms with van der Waals surface area (Å²) in [7, 11) is 0. The van der Waals surface area contributed by atoms with E-state index in [4.69, 9.17) is 9.84 Å². The zero-order valence-electron chi connectivity index (χ0n) is 14.9. The molecule has 2 amide bonds. The zero-order valence-corrected chi connectivity index (χ0v) is 14.9. The number of aromatic nitrogens is 1. The number of hydrogen-bond acceptors (Lipinski definition) is 5. The first-order valence-electron chi connectivity index (χ1n) is 9.24. The number of likely N-dealkylation sites (tertiary alicyclic amines) is 1. The number of carbonyl (C=O) groups excluding carboxylic acids is 1. The van der Waals surface area contributed by atoms with E-state index < -0.39 is 5.97 Å². The first-order valence-corrected chi connectivity index (χ1v) is 9.24. The third kappa shape index (κ3) is 4.77. The first-order chi connectivity index (χ1) is 12.6. The second-order valence-electron chi connectivity index (χ2n) is 6.72. The second kappa shape index (κ2) is 8.73. The fraction of sp³-hybridized carbons (Fsp3) is 0.611. The fourth-order valence-electron chi connectivity index (χ4n) is 3.38. The van der Waals surface area contributed by atoms with Crippen LogP contribution in [0.4, 0.5) is 10.6 Å². The van der Waals surface area contributed by atoms with Crippen molar-refractivity contribution < 1.29 is 19.4 Å². The predicted octanol–water partition coefficient (Wildman–Crippen LogP) is 1.71. The molecule has 2 aliphatic rings. The van der Waals surface area contributed by atoms with Crippen molar-refractivity contribution in [3.05, 3.63) is 18.3 Å². The van der Waals surface area contributed by atoms with Crippen LogP contribution in [0, 0.1) is 0 Å². The Bertz CT molecular complexity index is 633. The van der Waals surface area contributed by atoms with Gasteiger partial charge in [0, 0.05) is 45.2 Å². The van der Waals surface area contributed by atoms with E-state index >= 15 is 0 Å². The van der Waals surface area contributed by atoms with Gasteiger partial charge < -0.3 is 25.0 Å². The molecule has 3 rings (SSSR count). The average Bonchev–Trinajstić information content (AvgIpc) is 3.31. The number of nitrogens with one attached hydrogen (secondary N) is 1. The molecule has 0 aliphatic carbocycles. The lowest BCUT2D eigenvalue weighted by molar-refractivity contribution is -0.137. The molecular weight excluding hydrogens is 336 g/mol. The number of anilines is 1. The molecule has 0 bridgehead atoms. The summed E-state index contributed by atoms with van der Waals surface area (Å²) in [6.07, 6.45) is 5.36. The highest BCUT2D eigenvalue weighted by Gasteiger charge is 2.29. The van der Waals surface area contributed by atoms with Crippen LogP contribution in [-0.4, -0.2) is 65.8 Å². The maximum absolute atomic E-state index is 12.2. The van der Waals surface area contributed by atoms with Crippen LogP contribution in [0.5, 0.6) is 5.75 Å². The highest BCUT2D eigenvalue weighted by Crippen LogP contribution is 2.30. The van der Waals surface area contributed by atoms with E-state index in [0.29, 0.717) is 26.1 Å². The molecule has 26 heavy (non-hydrogen) atoms. The molecule has 2 fully saturated rings. The van der Waals surface area contributed by atoms with Gasteiger partial charge in [-0.3, -0.25) is 4.79 Å². The van der Waals surface area contributed by atoms with Crippen LogP contribution in [0.1, 0.15) is 32.1 Å². The number of rotatable bonds is 7. The minimum absolute atomic E-state index is 0.0506. The molecule has 1 aromatic heterocycles. The monoisotopic (exact) mass is 362 g/mol. The first kappa shape index (κ1) is 18.3. The maximum atomic E-state index is 12.2. The molecule has 1 unspecified atom stereocenters. The summed E-state index contributed by atoms with van der Waals surface area (Å²) < 4.78 is 6.15. The minimum Gasteiger partial charge on any atom is -0.485 e. The van der Waals surface area contributed by atoms with E-state index in [1.54, 1.807) is 11.1 Å². The van der Waals surface area contributed by atoms with Gasteiger partial charge in [-0.05, 0) is 31.4 Å². The normalized spacial score (nSPS) is 19.6. The summed E-state index contributed by atoms with van der Waals surface area (Å²) >= 11 is 0. The zero-order chi connectivity index (χ0) is 18.4. The van der Waals surface area contributed by atoms with Crippen LogP contribution >= 0.6 is 0 Å². The van der Waals surface area contributed by atoms with Gasteiger partial charge in [0.25, 0.3) is 0 Å². The molecule has 2 aliphatic heterocycles. The van der Waals surface area contributed by atoms with Gasteiger partial charge in [-0.2, -0.15) is 0 Å². The summed E-state index contributed by atoms with van der Waals surface area (Å²) in [5.41, 5.74) is 0. The van der Waals surface area contributed by atoms with Gasteiger partial charge in [0.2, 0.25) is 0 Å². The summed E-state index contributed by atoms with van der Waals surface area (Å²) in [5.74, 6) is 0.823. The van der Waals surface area contributed by atoms with Gasteiger partial charge in [-0.1, -0.05) is 0 Å². The molecule has 0 spiro atoms. The Balaban J connectivity index is 1.49. The van der Waals surface area contributed by atoms with Gasteiger partial charge in [-0.15, -0.1) is 0 Å². The summed E-state index contributed by atoms with van der Waals surface area (Å²) in [5, 5.41) is 11.4. The van der Waals surface area contributed by atoms with Gasteiger partial charge in [0.1, 0.15) is 6.10 Å². The van der Waals surface area contributed by atoms with Gasteiger partial charge in [-0.25, -0.2) is 9.78 Å². The molecule has 1 atom stereocenters. The van der Waals surface area contributed by atoms with Crippen molar-refractivity contribution in [1.29, 1.82) is 0 Å². The van der Waals surface area contributed by atoms with Gasteiger partial charge >= 0.3 is 12.0 Å². The van der Waals surface area contributed by atoms with E-state index in [-0.39, 0.29) is 18.6 Å². The van der Waals surface area contributed by atoms with Crippen LogP contribution in [0.2, 0.25) is 0 Å². The Morgan fingerprint density at radius 2 is 2.12 bits per heavy atom. The molecule has 3 heterocycles. The molecule has 8 nitrogen and oxygen atoms in total. The number of ether oxygens (including phenoxy) is 1. The Labute approximate surface area is 153 Å². The summed E-state index contributed by atoms with van der Waals surface area (Å²) in [6, 6.07) is 3.65. The quantitative estimate of drug-likeness (QED) is 0.717. The Morgan fingerprint density at radius 1 is 1.31 bits per heavy atom. The standard InChI is InChI=1S/C18H26N4O4/c23-16(24)6-4-9-20-18(25)22-12-7-14(13-22)26-15-5-3-8-19-17(15)21-10-1-2-11-21/h3,5,8,14H,1-2,4,6-7,9-13H2,(H,20,25)(H,23,24). The lowest BCUT2D eigenvalue weighted by Crippen LogP contribution is -2.39. The molecule has 8 heteroatoms. The highest BCUT2D eigenvalue weighted by atomic mass is 16.5. The van der Waals surface area contributed by atoms with E-state index in [0.717, 1.165) is 31.1 Å². The van der Waals surface area contributed by atoms with Crippen molar-refractivity contribution in [1.82, 2.24) is 15.2 Å². The van der Waals surface area contributed by atoms with Gasteiger partial charge in [0.15, 0.2) is 11.6 Å². The number of carbonyl (C=O) groups is 2. The number of carboxylic acids is 1. The topological polar surface area (TPSA) is 95.0 Å². The third-order valence-corrected chi connectivity index (χ3v) is 4.73.